The molecular formula is C18H20N4O6S2. The molecule has 2 aliphatic rings. The summed E-state index contributed by atoms with van der Waals surface area (Å²) in [6, 6.07) is 0. The number of nitrogens with zero attached hydrogens (tertiary/aromatic N) is 4. The van der Waals surface area contributed by atoms with Crippen molar-refractivity contribution in [3.8, 4) is 0 Å². The molecule has 160 valence electrons. The number of ether oxygens (including phenoxy) is 1. The molecule has 1 unspecified atom stereocenters. The van der Waals surface area contributed by atoms with Gasteiger partial charge in [0.15, 0.2) is 11.6 Å². The summed E-state index contributed by atoms with van der Waals surface area (Å²) < 4.78 is 7.28. The van der Waals surface area contributed by atoms with Crippen LogP contribution in [0.2, 0.25) is 0 Å². The molecule has 0 bridgehead atoms. The molecule has 4 rings (SSSR count). The Morgan fingerprint density at radius 2 is 1.77 bits per heavy atom. The first-order valence-electron chi connectivity index (χ1n) is 8.75. The number of ketones is 2. The summed E-state index contributed by atoms with van der Waals surface area (Å²) in [7, 11) is 3.46. The maximum atomic E-state index is 11.5. The van der Waals surface area contributed by atoms with Crippen molar-refractivity contribution in [3.63, 3.8) is 0 Å². The third-order valence-corrected chi connectivity index (χ3v) is 6.01. The van der Waals surface area contributed by atoms with Gasteiger partial charge in [-0.25, -0.2) is 0 Å². The third-order valence-electron chi connectivity index (χ3n) is 4.08. The topological polar surface area (TPSA) is 130 Å². The Kier molecular flexibility index (Phi) is 8.54. The largest absolute Gasteiger partial charge is 0.468 e. The second kappa shape index (κ2) is 10.9. The molecule has 0 saturated heterocycles. The molecule has 0 fully saturated rings. The van der Waals surface area contributed by atoms with Crippen LogP contribution in [0.4, 0.5) is 0 Å². The van der Waals surface area contributed by atoms with Gasteiger partial charge in [0.2, 0.25) is 5.12 Å². The van der Waals surface area contributed by atoms with Gasteiger partial charge in [-0.3, -0.25) is 28.5 Å². The summed E-state index contributed by atoms with van der Waals surface area (Å²) in [5, 5.41) is 6.66. The third kappa shape index (κ3) is 5.25. The van der Waals surface area contributed by atoms with E-state index in [0.717, 1.165) is 28.8 Å². The summed E-state index contributed by atoms with van der Waals surface area (Å²) in [4.78, 5) is 53.9. The van der Waals surface area contributed by atoms with Crippen molar-refractivity contribution in [2.45, 2.75) is 17.9 Å². The first-order valence-corrected chi connectivity index (χ1v) is 10.8. The van der Waals surface area contributed by atoms with E-state index < -0.39 is 5.25 Å². The van der Waals surface area contributed by atoms with Gasteiger partial charge in [0.25, 0.3) is 6.47 Å². The first kappa shape index (κ1) is 23.5. The summed E-state index contributed by atoms with van der Waals surface area (Å²) in [5.41, 5.74) is 2.39. The van der Waals surface area contributed by atoms with Crippen LogP contribution in [-0.2, 0) is 34.2 Å². The van der Waals surface area contributed by atoms with Gasteiger partial charge < -0.3 is 9.53 Å². The van der Waals surface area contributed by atoms with Crippen molar-refractivity contribution in [3.05, 3.63) is 34.9 Å². The average Bonchev–Trinajstić information content (AvgIpc) is 3.31. The van der Waals surface area contributed by atoms with E-state index in [9.17, 15) is 24.0 Å². The molecule has 2 aliphatic heterocycles. The van der Waals surface area contributed by atoms with E-state index in [1.54, 1.807) is 36.6 Å². The van der Waals surface area contributed by atoms with E-state index >= 15 is 0 Å². The predicted octanol–water partition coefficient (Wildman–Crippen LogP) is 1.09. The molecule has 0 aromatic carbocycles. The number of fused-ring (bicyclic) bond motifs is 2. The highest BCUT2D eigenvalue weighted by molar-refractivity contribution is 8.16. The molecule has 30 heavy (non-hydrogen) atoms. The number of aldehydes is 1. The standard InChI is InChI=1S/C8H6N2O3S.C7H8N2OS.C3H6O2/c1-10-6-4(2-9-10)7(12)5(3-11)14-8(6)13;1-9-6-3-11-4-7(10)5(6)2-8-9;1-2-5-3-4/h2-3,5H,1H3;2H,3-4H2,1H3;3H,2H2,1H3. The molecule has 2 aromatic heterocycles. The van der Waals surface area contributed by atoms with Crippen molar-refractivity contribution in [2.75, 3.05) is 12.4 Å². The molecule has 2 aromatic rings. The van der Waals surface area contributed by atoms with Crippen LogP contribution >= 0.6 is 23.5 Å². The van der Waals surface area contributed by atoms with Gasteiger partial charge in [-0.15, -0.1) is 11.8 Å². The van der Waals surface area contributed by atoms with E-state index in [4.69, 9.17) is 0 Å². The smallest absolute Gasteiger partial charge is 0.293 e. The van der Waals surface area contributed by atoms with Crippen LogP contribution in [0.1, 0.15) is 43.8 Å². The fraction of sp³-hybridized carbons (Fsp3) is 0.389. The zero-order valence-electron chi connectivity index (χ0n) is 16.6. The molecule has 0 spiro atoms. The quantitative estimate of drug-likeness (QED) is 0.492. The van der Waals surface area contributed by atoms with Gasteiger partial charge in [0.05, 0.1) is 41.6 Å². The number of hydrogen-bond donors (Lipinski definition) is 0. The summed E-state index contributed by atoms with van der Waals surface area (Å²) in [6.45, 7) is 2.66. The average molecular weight is 453 g/mol. The van der Waals surface area contributed by atoms with Crippen LogP contribution in [0, 0.1) is 0 Å². The van der Waals surface area contributed by atoms with Gasteiger partial charge in [-0.1, -0.05) is 11.8 Å². The van der Waals surface area contributed by atoms with E-state index in [-0.39, 0.29) is 27.9 Å². The van der Waals surface area contributed by atoms with Gasteiger partial charge in [-0.2, -0.15) is 10.2 Å². The zero-order valence-corrected chi connectivity index (χ0v) is 18.2. The van der Waals surface area contributed by atoms with Crippen LogP contribution < -0.4 is 0 Å². The molecule has 0 radical (unpaired) electrons. The SMILES string of the molecule is CCOC=O.Cn1ncc2c1C(=O)SC(C=O)C2=O.Cn1ncc2c1CSCC2=O. The molecule has 0 N–H and O–H groups in total. The van der Waals surface area contributed by atoms with Crippen molar-refractivity contribution in [1.29, 1.82) is 0 Å². The van der Waals surface area contributed by atoms with E-state index in [0.29, 0.717) is 25.1 Å². The zero-order chi connectivity index (χ0) is 22.3. The fourth-order valence-electron chi connectivity index (χ4n) is 2.58. The number of aryl methyl sites for hydroxylation is 2. The molecule has 4 heterocycles. The Balaban J connectivity index is 0.000000179. The minimum atomic E-state index is -0.904. The number of hydrogen-bond acceptors (Lipinski definition) is 10. The Bertz CT molecular complexity index is 968. The highest BCUT2D eigenvalue weighted by Crippen LogP contribution is 2.28. The summed E-state index contributed by atoms with van der Waals surface area (Å²) in [5.74, 6) is 1.40. The predicted molar refractivity (Wildman–Crippen MR) is 111 cm³/mol. The number of carbonyl (C=O) groups excluding carboxylic acids is 5. The van der Waals surface area contributed by atoms with E-state index in [2.05, 4.69) is 14.9 Å². The van der Waals surface area contributed by atoms with Gasteiger partial charge >= 0.3 is 0 Å². The lowest BCUT2D eigenvalue weighted by Gasteiger charge is -2.14. The van der Waals surface area contributed by atoms with Crippen molar-refractivity contribution < 1.29 is 28.7 Å². The van der Waals surface area contributed by atoms with E-state index in [1.807, 2.05) is 7.05 Å². The summed E-state index contributed by atoms with van der Waals surface area (Å²) in [6.07, 6.45) is 3.48. The maximum absolute atomic E-state index is 11.5. The van der Waals surface area contributed by atoms with Crippen LogP contribution in [0.5, 0.6) is 0 Å². The fourth-order valence-corrected chi connectivity index (χ4v) is 4.43. The highest BCUT2D eigenvalue weighted by Gasteiger charge is 2.35. The Hall–Kier alpha value is -2.73. The molecule has 12 heteroatoms. The van der Waals surface area contributed by atoms with Crippen molar-refractivity contribution in [2.24, 2.45) is 14.1 Å². The number of thioether (sulfide) groups is 2. The van der Waals surface area contributed by atoms with Crippen LogP contribution in [0.25, 0.3) is 0 Å². The van der Waals surface area contributed by atoms with Crippen LogP contribution in [0.3, 0.4) is 0 Å². The number of rotatable bonds is 3. The first-order chi connectivity index (χ1) is 14.3. The minimum Gasteiger partial charge on any atom is -0.468 e. The lowest BCUT2D eigenvalue weighted by atomic mass is 10.1. The molecule has 1 atom stereocenters. The molecular weight excluding hydrogens is 432 g/mol. The Morgan fingerprint density at radius 1 is 1.10 bits per heavy atom. The van der Waals surface area contributed by atoms with E-state index in [1.165, 1.54) is 10.9 Å². The number of aromatic nitrogens is 4. The minimum absolute atomic E-state index is 0.212. The number of carbonyl (C=O) groups is 5. The highest BCUT2D eigenvalue weighted by atomic mass is 32.2. The van der Waals surface area contributed by atoms with Crippen molar-refractivity contribution in [1.82, 2.24) is 19.6 Å². The van der Waals surface area contributed by atoms with Crippen LogP contribution in [0.15, 0.2) is 12.4 Å². The van der Waals surface area contributed by atoms with Crippen molar-refractivity contribution >= 4 is 53.0 Å². The second-order valence-corrected chi connectivity index (χ2v) is 8.05. The molecule has 10 nitrogen and oxygen atoms in total. The summed E-state index contributed by atoms with van der Waals surface area (Å²) >= 11 is 2.39. The lowest BCUT2D eigenvalue weighted by Crippen LogP contribution is -2.28. The molecule has 0 aliphatic carbocycles. The molecule has 0 amide bonds. The Labute approximate surface area is 180 Å². The molecule has 0 saturated carbocycles. The second-order valence-electron chi connectivity index (χ2n) is 5.95. The lowest BCUT2D eigenvalue weighted by molar-refractivity contribution is -0.128. The number of Topliss-reactive ketones (excluding diaryl/α,β-unsaturated/α-hetero) is 2. The van der Waals surface area contributed by atoms with Crippen LogP contribution in [-0.4, -0.2) is 66.6 Å². The van der Waals surface area contributed by atoms with Gasteiger partial charge in [0, 0.05) is 19.8 Å². The maximum Gasteiger partial charge on any atom is 0.293 e. The monoisotopic (exact) mass is 452 g/mol. The normalized spacial score (nSPS) is 16.9. The van der Waals surface area contributed by atoms with Gasteiger partial charge in [0.1, 0.15) is 17.2 Å². The van der Waals surface area contributed by atoms with Gasteiger partial charge in [-0.05, 0) is 6.92 Å². The Morgan fingerprint density at radius 3 is 2.33 bits per heavy atom.